The molecule has 0 fully saturated rings. The van der Waals surface area contributed by atoms with Gasteiger partial charge in [-0.3, -0.25) is 4.79 Å². The molecule has 7 heteroatoms. The van der Waals surface area contributed by atoms with E-state index in [9.17, 15) is 14.3 Å². The summed E-state index contributed by atoms with van der Waals surface area (Å²) in [4.78, 5) is 14.4. The standard InChI is InChI=1S/C25H24FNO5/c26-21-3-1-2-18(13-21)15-30-16-19-4-9-24-20(12-19)14-27(10-11-31-24)25(29)17-32-23-7-5-22(28)6-8-23/h1-9,12-13,28H,10-11,14-17H2. The zero-order valence-electron chi connectivity index (χ0n) is 17.5. The van der Waals surface area contributed by atoms with Gasteiger partial charge in [-0.05, 0) is 59.7 Å². The highest BCUT2D eigenvalue weighted by Gasteiger charge is 2.20. The second-order valence-corrected chi connectivity index (χ2v) is 7.51. The van der Waals surface area contributed by atoms with Crippen LogP contribution in [-0.2, 0) is 29.3 Å². The Hall–Kier alpha value is -3.58. The second-order valence-electron chi connectivity index (χ2n) is 7.51. The molecule has 0 spiro atoms. The van der Waals surface area contributed by atoms with E-state index in [-0.39, 0.29) is 24.1 Å². The zero-order valence-corrected chi connectivity index (χ0v) is 17.5. The average Bonchev–Trinajstić information content (AvgIpc) is 3.01. The van der Waals surface area contributed by atoms with Crippen molar-refractivity contribution in [3.8, 4) is 17.2 Å². The van der Waals surface area contributed by atoms with Gasteiger partial charge < -0.3 is 24.2 Å². The molecule has 0 unspecified atom stereocenters. The van der Waals surface area contributed by atoms with Gasteiger partial charge >= 0.3 is 0 Å². The first kappa shape index (κ1) is 21.6. The fourth-order valence-corrected chi connectivity index (χ4v) is 3.44. The topological polar surface area (TPSA) is 68.2 Å². The molecule has 0 radical (unpaired) electrons. The van der Waals surface area contributed by atoms with Crippen molar-refractivity contribution >= 4 is 5.91 Å². The minimum absolute atomic E-state index is 0.101. The molecule has 0 atom stereocenters. The van der Waals surface area contributed by atoms with Gasteiger partial charge in [-0.15, -0.1) is 0 Å². The van der Waals surface area contributed by atoms with Crippen LogP contribution < -0.4 is 9.47 Å². The molecule has 1 amide bonds. The Balaban J connectivity index is 1.34. The molecular weight excluding hydrogens is 413 g/mol. The molecule has 4 rings (SSSR count). The Kier molecular flexibility index (Phi) is 6.87. The van der Waals surface area contributed by atoms with Crippen LogP contribution in [0.2, 0.25) is 0 Å². The number of hydrogen-bond acceptors (Lipinski definition) is 5. The lowest BCUT2D eigenvalue weighted by molar-refractivity contribution is -0.134. The molecule has 32 heavy (non-hydrogen) atoms. The van der Waals surface area contributed by atoms with Crippen molar-refractivity contribution in [1.82, 2.24) is 4.90 Å². The molecule has 3 aromatic carbocycles. The Labute approximate surface area is 185 Å². The number of halogens is 1. The highest BCUT2D eigenvalue weighted by atomic mass is 19.1. The fourth-order valence-electron chi connectivity index (χ4n) is 3.44. The first-order valence-electron chi connectivity index (χ1n) is 10.3. The van der Waals surface area contributed by atoms with Crippen LogP contribution >= 0.6 is 0 Å². The smallest absolute Gasteiger partial charge is 0.260 e. The van der Waals surface area contributed by atoms with Crippen LogP contribution in [0.25, 0.3) is 0 Å². The van der Waals surface area contributed by atoms with Gasteiger partial charge in [-0.1, -0.05) is 18.2 Å². The van der Waals surface area contributed by atoms with E-state index >= 15 is 0 Å². The van der Waals surface area contributed by atoms with Crippen molar-refractivity contribution in [2.24, 2.45) is 0 Å². The summed E-state index contributed by atoms with van der Waals surface area (Å²) in [5, 5.41) is 9.34. The Morgan fingerprint density at radius 2 is 1.81 bits per heavy atom. The number of amides is 1. The van der Waals surface area contributed by atoms with E-state index in [1.54, 1.807) is 23.1 Å². The maximum atomic E-state index is 13.3. The van der Waals surface area contributed by atoms with Crippen LogP contribution in [0.4, 0.5) is 4.39 Å². The monoisotopic (exact) mass is 437 g/mol. The molecule has 1 N–H and O–H groups in total. The number of fused-ring (bicyclic) bond motifs is 1. The van der Waals surface area contributed by atoms with E-state index < -0.39 is 0 Å². The first-order chi connectivity index (χ1) is 15.6. The summed E-state index contributed by atoms with van der Waals surface area (Å²) in [6, 6.07) is 18.3. The molecular formula is C25H24FNO5. The molecule has 0 aliphatic carbocycles. The Morgan fingerprint density at radius 3 is 2.59 bits per heavy atom. The van der Waals surface area contributed by atoms with Crippen LogP contribution in [0, 0.1) is 5.82 Å². The number of phenolic OH excluding ortho intramolecular Hbond substituents is 1. The van der Waals surface area contributed by atoms with Crippen LogP contribution in [0.1, 0.15) is 16.7 Å². The fraction of sp³-hybridized carbons (Fsp3) is 0.240. The molecule has 3 aromatic rings. The van der Waals surface area contributed by atoms with Crippen molar-refractivity contribution in [1.29, 1.82) is 0 Å². The third-order valence-electron chi connectivity index (χ3n) is 5.08. The predicted molar refractivity (Wildman–Crippen MR) is 116 cm³/mol. The Morgan fingerprint density at radius 1 is 1.03 bits per heavy atom. The maximum absolute atomic E-state index is 13.3. The second kappa shape index (κ2) is 10.2. The number of ether oxygens (including phenoxy) is 3. The normalized spacial score (nSPS) is 13.1. The number of benzene rings is 3. The number of aromatic hydroxyl groups is 1. The molecule has 1 aliphatic rings. The van der Waals surface area contributed by atoms with E-state index in [4.69, 9.17) is 14.2 Å². The molecule has 0 saturated heterocycles. The van der Waals surface area contributed by atoms with E-state index in [1.165, 1.54) is 24.3 Å². The number of hydrogen-bond donors (Lipinski definition) is 1. The maximum Gasteiger partial charge on any atom is 0.260 e. The number of rotatable bonds is 7. The van der Waals surface area contributed by atoms with Crippen molar-refractivity contribution in [3.05, 3.63) is 89.2 Å². The van der Waals surface area contributed by atoms with Gasteiger partial charge in [0.05, 0.1) is 19.8 Å². The van der Waals surface area contributed by atoms with E-state index in [1.807, 2.05) is 24.3 Å². The number of carbonyl (C=O) groups excluding carboxylic acids is 1. The average molecular weight is 437 g/mol. The minimum atomic E-state index is -0.285. The Bertz CT molecular complexity index is 1070. The van der Waals surface area contributed by atoms with Crippen molar-refractivity contribution in [3.63, 3.8) is 0 Å². The quantitative estimate of drug-likeness (QED) is 0.604. The van der Waals surface area contributed by atoms with Crippen molar-refractivity contribution in [2.75, 3.05) is 19.8 Å². The number of phenols is 1. The van der Waals surface area contributed by atoms with Gasteiger partial charge in [-0.2, -0.15) is 0 Å². The molecule has 0 saturated carbocycles. The minimum Gasteiger partial charge on any atom is -0.508 e. The van der Waals surface area contributed by atoms with Crippen LogP contribution in [0.3, 0.4) is 0 Å². The summed E-state index contributed by atoms with van der Waals surface area (Å²) in [5.41, 5.74) is 2.61. The van der Waals surface area contributed by atoms with Gasteiger partial charge in [0.2, 0.25) is 0 Å². The molecule has 0 aromatic heterocycles. The van der Waals surface area contributed by atoms with Gasteiger partial charge in [0.1, 0.15) is 29.7 Å². The number of nitrogens with zero attached hydrogens (tertiary/aromatic N) is 1. The van der Waals surface area contributed by atoms with Gasteiger partial charge in [0.25, 0.3) is 5.91 Å². The SMILES string of the molecule is O=C(COc1ccc(O)cc1)N1CCOc2ccc(COCc3cccc(F)c3)cc2C1. The summed E-state index contributed by atoms with van der Waals surface area (Å²) >= 11 is 0. The van der Waals surface area contributed by atoms with E-state index in [0.29, 0.717) is 38.7 Å². The summed E-state index contributed by atoms with van der Waals surface area (Å²) in [6.07, 6.45) is 0. The summed E-state index contributed by atoms with van der Waals surface area (Å²) < 4.78 is 30.4. The highest BCUT2D eigenvalue weighted by Crippen LogP contribution is 2.25. The first-order valence-corrected chi connectivity index (χ1v) is 10.3. The molecule has 1 heterocycles. The van der Waals surface area contributed by atoms with Crippen molar-refractivity contribution < 1.29 is 28.5 Å². The third kappa shape index (κ3) is 5.76. The zero-order chi connectivity index (χ0) is 22.3. The lowest BCUT2D eigenvalue weighted by Gasteiger charge is -2.20. The molecule has 1 aliphatic heterocycles. The van der Waals surface area contributed by atoms with Gasteiger partial charge in [-0.25, -0.2) is 4.39 Å². The van der Waals surface area contributed by atoms with E-state index in [2.05, 4.69) is 0 Å². The summed E-state index contributed by atoms with van der Waals surface area (Å²) in [7, 11) is 0. The molecule has 0 bridgehead atoms. The lowest BCUT2D eigenvalue weighted by atomic mass is 10.1. The van der Waals surface area contributed by atoms with Crippen LogP contribution in [0.5, 0.6) is 17.2 Å². The third-order valence-corrected chi connectivity index (χ3v) is 5.08. The summed E-state index contributed by atoms with van der Waals surface area (Å²) in [6.45, 7) is 1.83. The van der Waals surface area contributed by atoms with E-state index in [0.717, 1.165) is 22.4 Å². The highest BCUT2D eigenvalue weighted by molar-refractivity contribution is 5.78. The van der Waals surface area contributed by atoms with Crippen molar-refractivity contribution in [2.45, 2.75) is 19.8 Å². The van der Waals surface area contributed by atoms with Gasteiger partial charge in [0, 0.05) is 12.1 Å². The van der Waals surface area contributed by atoms with Crippen LogP contribution in [0.15, 0.2) is 66.7 Å². The molecule has 6 nitrogen and oxygen atoms in total. The van der Waals surface area contributed by atoms with Crippen LogP contribution in [-0.4, -0.2) is 35.7 Å². The predicted octanol–water partition coefficient (Wildman–Crippen LogP) is 4.05. The number of carbonyl (C=O) groups is 1. The lowest BCUT2D eigenvalue weighted by Crippen LogP contribution is -2.36. The molecule has 166 valence electrons. The summed E-state index contributed by atoms with van der Waals surface area (Å²) in [5.74, 6) is 0.962. The van der Waals surface area contributed by atoms with Gasteiger partial charge in [0.15, 0.2) is 6.61 Å². The largest absolute Gasteiger partial charge is 0.508 e.